The van der Waals surface area contributed by atoms with Gasteiger partial charge in [-0.3, -0.25) is 4.79 Å². The predicted molar refractivity (Wildman–Crippen MR) is 85.7 cm³/mol. The third-order valence-electron chi connectivity index (χ3n) is 3.86. The topological polar surface area (TPSA) is 32.3 Å². The first kappa shape index (κ1) is 15.5. The second-order valence-electron chi connectivity index (χ2n) is 5.37. The molecule has 0 aromatic heterocycles. The lowest BCUT2D eigenvalue weighted by atomic mass is 9.95. The van der Waals surface area contributed by atoms with Gasteiger partial charge in [0.15, 0.2) is 0 Å². The summed E-state index contributed by atoms with van der Waals surface area (Å²) in [5.74, 6) is 0.415. The van der Waals surface area contributed by atoms with Crippen molar-refractivity contribution in [3.05, 3.63) is 34.3 Å². The Morgan fingerprint density at radius 1 is 1.40 bits per heavy atom. The molecule has 110 valence electrons. The SMILES string of the molecule is CCC(Cc1cccc(Br)c1)C(=O)N1CCCNCC1. The molecule has 0 saturated carbocycles. The largest absolute Gasteiger partial charge is 0.341 e. The summed E-state index contributed by atoms with van der Waals surface area (Å²) in [5.41, 5.74) is 1.23. The summed E-state index contributed by atoms with van der Waals surface area (Å²) >= 11 is 3.49. The fourth-order valence-electron chi connectivity index (χ4n) is 2.68. The van der Waals surface area contributed by atoms with Crippen LogP contribution in [0.15, 0.2) is 28.7 Å². The minimum atomic E-state index is 0.0994. The van der Waals surface area contributed by atoms with E-state index in [2.05, 4.69) is 40.3 Å². The highest BCUT2D eigenvalue weighted by Gasteiger charge is 2.23. The maximum atomic E-state index is 12.7. The predicted octanol–water partition coefficient (Wildman–Crippen LogP) is 2.84. The summed E-state index contributed by atoms with van der Waals surface area (Å²) in [6.07, 6.45) is 2.78. The Bertz CT molecular complexity index is 442. The van der Waals surface area contributed by atoms with Gasteiger partial charge in [0.2, 0.25) is 5.91 Å². The van der Waals surface area contributed by atoms with Crippen LogP contribution < -0.4 is 5.32 Å². The summed E-state index contributed by atoms with van der Waals surface area (Å²) in [7, 11) is 0. The molecule has 3 nitrogen and oxygen atoms in total. The third-order valence-corrected chi connectivity index (χ3v) is 4.36. The molecular formula is C16H23BrN2O. The highest BCUT2D eigenvalue weighted by Crippen LogP contribution is 2.19. The molecule has 4 heteroatoms. The molecule has 0 radical (unpaired) electrons. The van der Waals surface area contributed by atoms with Gasteiger partial charge in [0, 0.05) is 30.0 Å². The number of carbonyl (C=O) groups is 1. The Labute approximate surface area is 129 Å². The summed E-state index contributed by atoms with van der Waals surface area (Å²) in [6.45, 7) is 5.77. The number of benzene rings is 1. The van der Waals surface area contributed by atoms with E-state index in [0.717, 1.165) is 49.9 Å². The molecule has 1 amide bonds. The van der Waals surface area contributed by atoms with E-state index in [0.29, 0.717) is 5.91 Å². The average molecular weight is 339 g/mol. The lowest BCUT2D eigenvalue weighted by Gasteiger charge is -2.25. The van der Waals surface area contributed by atoms with E-state index in [4.69, 9.17) is 0 Å². The van der Waals surface area contributed by atoms with Gasteiger partial charge in [0.25, 0.3) is 0 Å². The van der Waals surface area contributed by atoms with Crippen LogP contribution in [0.2, 0.25) is 0 Å². The first-order chi connectivity index (χ1) is 9.70. The molecule has 1 atom stereocenters. The van der Waals surface area contributed by atoms with E-state index in [9.17, 15) is 4.79 Å². The van der Waals surface area contributed by atoms with Crippen molar-refractivity contribution in [1.29, 1.82) is 0 Å². The normalized spacial score (nSPS) is 17.6. The van der Waals surface area contributed by atoms with E-state index < -0.39 is 0 Å². The number of nitrogens with zero attached hydrogens (tertiary/aromatic N) is 1. The molecule has 1 heterocycles. The second-order valence-corrected chi connectivity index (χ2v) is 6.28. The molecule has 1 unspecified atom stereocenters. The van der Waals surface area contributed by atoms with Gasteiger partial charge in [-0.2, -0.15) is 0 Å². The Morgan fingerprint density at radius 2 is 2.25 bits per heavy atom. The number of amides is 1. The molecule has 1 aromatic rings. The minimum Gasteiger partial charge on any atom is -0.341 e. The van der Waals surface area contributed by atoms with Crippen LogP contribution in [0.25, 0.3) is 0 Å². The Morgan fingerprint density at radius 3 is 3.00 bits per heavy atom. The zero-order valence-electron chi connectivity index (χ0n) is 12.1. The monoisotopic (exact) mass is 338 g/mol. The van der Waals surface area contributed by atoms with Crippen LogP contribution >= 0.6 is 15.9 Å². The second kappa shape index (κ2) is 7.79. The van der Waals surface area contributed by atoms with Crippen LogP contribution in [0.4, 0.5) is 0 Å². The first-order valence-electron chi connectivity index (χ1n) is 7.44. The van der Waals surface area contributed by atoms with Gasteiger partial charge >= 0.3 is 0 Å². The summed E-state index contributed by atoms with van der Waals surface area (Å²) < 4.78 is 1.08. The average Bonchev–Trinajstić information content (AvgIpc) is 2.73. The van der Waals surface area contributed by atoms with Gasteiger partial charge in [-0.05, 0) is 43.5 Å². The molecular weight excluding hydrogens is 316 g/mol. The maximum Gasteiger partial charge on any atom is 0.226 e. The van der Waals surface area contributed by atoms with Gasteiger partial charge in [0.05, 0.1) is 0 Å². The number of hydrogen-bond donors (Lipinski definition) is 1. The van der Waals surface area contributed by atoms with E-state index in [1.165, 1.54) is 5.56 Å². The van der Waals surface area contributed by atoms with Crippen LogP contribution in [0.3, 0.4) is 0 Å². The zero-order valence-corrected chi connectivity index (χ0v) is 13.7. The first-order valence-corrected chi connectivity index (χ1v) is 8.24. The van der Waals surface area contributed by atoms with Crippen molar-refractivity contribution in [2.75, 3.05) is 26.2 Å². The van der Waals surface area contributed by atoms with Crippen molar-refractivity contribution in [3.8, 4) is 0 Å². The van der Waals surface area contributed by atoms with Crippen molar-refractivity contribution in [1.82, 2.24) is 10.2 Å². The molecule has 1 saturated heterocycles. The van der Waals surface area contributed by atoms with Crippen molar-refractivity contribution in [3.63, 3.8) is 0 Å². The smallest absolute Gasteiger partial charge is 0.226 e. The number of nitrogens with one attached hydrogen (secondary N) is 1. The molecule has 1 aliphatic rings. The van der Waals surface area contributed by atoms with Crippen LogP contribution in [0.5, 0.6) is 0 Å². The summed E-state index contributed by atoms with van der Waals surface area (Å²) in [4.78, 5) is 14.7. The highest BCUT2D eigenvalue weighted by atomic mass is 79.9. The number of carbonyl (C=O) groups excluding carboxylic acids is 1. The fourth-order valence-corrected chi connectivity index (χ4v) is 3.13. The summed E-state index contributed by atoms with van der Waals surface area (Å²) in [5, 5.41) is 3.35. The molecule has 2 rings (SSSR count). The molecule has 0 bridgehead atoms. The van der Waals surface area contributed by atoms with Crippen molar-refractivity contribution in [2.24, 2.45) is 5.92 Å². The van der Waals surface area contributed by atoms with E-state index >= 15 is 0 Å². The molecule has 1 fully saturated rings. The highest BCUT2D eigenvalue weighted by molar-refractivity contribution is 9.10. The molecule has 1 aliphatic heterocycles. The van der Waals surface area contributed by atoms with Crippen LogP contribution in [-0.4, -0.2) is 37.0 Å². The Hall–Kier alpha value is -0.870. The minimum absolute atomic E-state index is 0.0994. The number of hydrogen-bond acceptors (Lipinski definition) is 2. The molecule has 0 spiro atoms. The van der Waals surface area contributed by atoms with Gasteiger partial charge in [-0.25, -0.2) is 0 Å². The maximum absolute atomic E-state index is 12.7. The van der Waals surface area contributed by atoms with Gasteiger partial charge < -0.3 is 10.2 Å². The van der Waals surface area contributed by atoms with Crippen LogP contribution in [0.1, 0.15) is 25.3 Å². The van der Waals surface area contributed by atoms with Gasteiger partial charge in [-0.1, -0.05) is 35.0 Å². The van der Waals surface area contributed by atoms with E-state index in [1.807, 2.05) is 17.0 Å². The van der Waals surface area contributed by atoms with E-state index in [1.54, 1.807) is 0 Å². The van der Waals surface area contributed by atoms with Crippen LogP contribution in [-0.2, 0) is 11.2 Å². The quantitative estimate of drug-likeness (QED) is 0.915. The summed E-state index contributed by atoms with van der Waals surface area (Å²) in [6, 6.07) is 8.27. The third kappa shape index (κ3) is 4.32. The molecule has 0 aliphatic carbocycles. The van der Waals surface area contributed by atoms with Crippen LogP contribution in [0, 0.1) is 5.92 Å². The van der Waals surface area contributed by atoms with Gasteiger partial charge in [0.1, 0.15) is 0 Å². The Kier molecular flexibility index (Phi) is 6.05. The van der Waals surface area contributed by atoms with Crippen molar-refractivity contribution in [2.45, 2.75) is 26.2 Å². The van der Waals surface area contributed by atoms with Crippen molar-refractivity contribution < 1.29 is 4.79 Å². The van der Waals surface area contributed by atoms with Gasteiger partial charge in [-0.15, -0.1) is 0 Å². The Balaban J connectivity index is 2.01. The zero-order chi connectivity index (χ0) is 14.4. The molecule has 1 aromatic carbocycles. The molecule has 1 N–H and O–H groups in total. The standard InChI is InChI=1S/C16H23BrN2O/c1-2-14(11-13-5-3-6-15(17)12-13)16(20)19-9-4-7-18-8-10-19/h3,5-6,12,14,18H,2,4,7-11H2,1H3. The number of rotatable bonds is 4. The van der Waals surface area contributed by atoms with E-state index in [-0.39, 0.29) is 5.92 Å². The fraction of sp³-hybridized carbons (Fsp3) is 0.562. The van der Waals surface area contributed by atoms with Crippen molar-refractivity contribution >= 4 is 21.8 Å². The lowest BCUT2D eigenvalue weighted by molar-refractivity contribution is -0.135. The number of halogens is 1. The molecule has 20 heavy (non-hydrogen) atoms. The lowest BCUT2D eigenvalue weighted by Crippen LogP contribution is -2.39.